The Labute approximate surface area is 167 Å². The summed E-state index contributed by atoms with van der Waals surface area (Å²) in [5.41, 5.74) is 5.41. The zero-order chi connectivity index (χ0) is 19.8. The molecule has 1 aliphatic rings. The molecule has 1 aliphatic heterocycles. The van der Waals surface area contributed by atoms with E-state index in [0.717, 1.165) is 39.1 Å². The number of H-pyrrole nitrogens is 1. The summed E-state index contributed by atoms with van der Waals surface area (Å²) in [6.45, 7) is 3.30. The number of rotatable bonds is 4. The predicted molar refractivity (Wildman–Crippen MR) is 109 cm³/mol. The van der Waals surface area contributed by atoms with Crippen LogP contribution in [0.3, 0.4) is 0 Å². The van der Waals surface area contributed by atoms with Gasteiger partial charge in [0.1, 0.15) is 5.75 Å². The van der Waals surface area contributed by atoms with Gasteiger partial charge in [0.05, 0.1) is 35.2 Å². The Kier molecular flexibility index (Phi) is 4.29. The zero-order valence-electron chi connectivity index (χ0n) is 15.8. The van der Waals surface area contributed by atoms with Gasteiger partial charge in [-0.2, -0.15) is 5.10 Å². The largest absolute Gasteiger partial charge is 0.425 e. The lowest BCUT2D eigenvalue weighted by atomic mass is 10.0. The van der Waals surface area contributed by atoms with Crippen LogP contribution in [0.15, 0.2) is 54.9 Å². The molecule has 3 aromatic heterocycles. The fourth-order valence-electron chi connectivity index (χ4n) is 3.37. The van der Waals surface area contributed by atoms with Crippen LogP contribution in [-0.2, 0) is 4.79 Å². The SMILES string of the molecule is Cc1cccc(-c2[nH]ncc2-c2ccc3ncc(OC(=O)C4CNC4)cc3c2)n1. The Bertz CT molecular complexity index is 1210. The van der Waals surface area contributed by atoms with Crippen molar-refractivity contribution in [2.45, 2.75) is 6.92 Å². The average Bonchev–Trinajstić information content (AvgIpc) is 3.16. The maximum absolute atomic E-state index is 12.1. The van der Waals surface area contributed by atoms with Gasteiger partial charge in [-0.15, -0.1) is 0 Å². The molecule has 4 aromatic rings. The number of esters is 1. The number of hydrogen-bond donors (Lipinski definition) is 2. The number of nitrogens with one attached hydrogen (secondary N) is 2. The number of nitrogens with zero attached hydrogens (tertiary/aromatic N) is 3. The second kappa shape index (κ2) is 7.10. The molecule has 144 valence electrons. The molecule has 0 aliphatic carbocycles. The van der Waals surface area contributed by atoms with E-state index < -0.39 is 0 Å². The highest BCUT2D eigenvalue weighted by atomic mass is 16.5. The number of carbonyl (C=O) groups is 1. The first kappa shape index (κ1) is 17.5. The molecule has 0 amide bonds. The second-order valence-electron chi connectivity index (χ2n) is 7.18. The molecule has 0 saturated carbocycles. The monoisotopic (exact) mass is 385 g/mol. The van der Waals surface area contributed by atoms with Gasteiger partial charge in [-0.25, -0.2) is 0 Å². The predicted octanol–water partition coefficient (Wildman–Crippen LogP) is 3.12. The Morgan fingerprint density at radius 2 is 2.03 bits per heavy atom. The molecule has 0 atom stereocenters. The quantitative estimate of drug-likeness (QED) is 0.525. The first-order chi connectivity index (χ1) is 14.2. The number of hydrogen-bond acceptors (Lipinski definition) is 6. The van der Waals surface area contributed by atoms with Crippen molar-refractivity contribution in [1.29, 1.82) is 0 Å². The number of aryl methyl sites for hydroxylation is 1. The van der Waals surface area contributed by atoms with Gasteiger partial charge in [-0.3, -0.25) is 19.9 Å². The summed E-state index contributed by atoms with van der Waals surface area (Å²) in [5, 5.41) is 11.2. The molecular weight excluding hydrogens is 366 g/mol. The summed E-state index contributed by atoms with van der Waals surface area (Å²) in [4.78, 5) is 21.1. The highest BCUT2D eigenvalue weighted by Gasteiger charge is 2.26. The van der Waals surface area contributed by atoms with Gasteiger partial charge in [0.25, 0.3) is 0 Å². The number of aromatic amines is 1. The molecule has 5 rings (SSSR count). The molecular formula is C22H19N5O2. The van der Waals surface area contributed by atoms with E-state index in [-0.39, 0.29) is 11.9 Å². The van der Waals surface area contributed by atoms with Crippen molar-refractivity contribution < 1.29 is 9.53 Å². The van der Waals surface area contributed by atoms with Crippen molar-refractivity contribution in [1.82, 2.24) is 25.5 Å². The van der Waals surface area contributed by atoms with Crippen molar-refractivity contribution >= 4 is 16.9 Å². The van der Waals surface area contributed by atoms with Crippen molar-refractivity contribution in [3.63, 3.8) is 0 Å². The molecule has 2 N–H and O–H groups in total. The number of pyridine rings is 2. The van der Waals surface area contributed by atoms with E-state index >= 15 is 0 Å². The third-order valence-corrected chi connectivity index (χ3v) is 5.08. The molecule has 1 fully saturated rings. The first-order valence-corrected chi connectivity index (χ1v) is 9.47. The van der Waals surface area contributed by atoms with Gasteiger partial charge >= 0.3 is 5.97 Å². The summed E-state index contributed by atoms with van der Waals surface area (Å²) in [5.74, 6) is 0.162. The van der Waals surface area contributed by atoms with Gasteiger partial charge in [-0.05, 0) is 42.8 Å². The Morgan fingerprint density at radius 3 is 2.83 bits per heavy atom. The van der Waals surface area contributed by atoms with Gasteiger partial charge in [-0.1, -0.05) is 12.1 Å². The Balaban J connectivity index is 1.50. The van der Waals surface area contributed by atoms with E-state index in [2.05, 4.69) is 25.5 Å². The van der Waals surface area contributed by atoms with Crippen molar-refractivity contribution in [3.05, 3.63) is 60.6 Å². The van der Waals surface area contributed by atoms with Crippen LogP contribution in [0.25, 0.3) is 33.4 Å². The summed E-state index contributed by atoms with van der Waals surface area (Å²) >= 11 is 0. The van der Waals surface area contributed by atoms with E-state index in [9.17, 15) is 4.79 Å². The number of aromatic nitrogens is 4. The topological polar surface area (TPSA) is 92.8 Å². The Morgan fingerprint density at radius 1 is 1.14 bits per heavy atom. The summed E-state index contributed by atoms with van der Waals surface area (Å²) in [6.07, 6.45) is 3.38. The van der Waals surface area contributed by atoms with Crippen LogP contribution in [-0.4, -0.2) is 39.2 Å². The molecule has 1 aromatic carbocycles. The molecule has 7 nitrogen and oxygen atoms in total. The molecule has 1 saturated heterocycles. The zero-order valence-corrected chi connectivity index (χ0v) is 15.8. The number of ether oxygens (including phenoxy) is 1. The van der Waals surface area contributed by atoms with E-state index in [0.29, 0.717) is 18.8 Å². The van der Waals surface area contributed by atoms with E-state index in [1.54, 1.807) is 12.4 Å². The lowest BCUT2D eigenvalue weighted by molar-refractivity contribution is -0.140. The van der Waals surface area contributed by atoms with E-state index in [1.807, 2.05) is 49.4 Å². The molecule has 0 unspecified atom stereocenters. The smallest absolute Gasteiger partial charge is 0.316 e. The van der Waals surface area contributed by atoms with Crippen LogP contribution in [0.5, 0.6) is 5.75 Å². The van der Waals surface area contributed by atoms with Crippen molar-refractivity contribution in [3.8, 4) is 28.3 Å². The summed E-state index contributed by atoms with van der Waals surface area (Å²) < 4.78 is 5.49. The van der Waals surface area contributed by atoms with Crippen molar-refractivity contribution in [2.24, 2.45) is 5.92 Å². The first-order valence-electron chi connectivity index (χ1n) is 9.47. The number of benzene rings is 1. The fourth-order valence-corrected chi connectivity index (χ4v) is 3.37. The summed E-state index contributed by atoms with van der Waals surface area (Å²) in [7, 11) is 0. The summed E-state index contributed by atoms with van der Waals surface area (Å²) in [6, 6.07) is 13.7. The van der Waals surface area contributed by atoms with Crippen LogP contribution in [0.2, 0.25) is 0 Å². The van der Waals surface area contributed by atoms with Gasteiger partial charge < -0.3 is 10.1 Å². The third-order valence-electron chi connectivity index (χ3n) is 5.08. The third kappa shape index (κ3) is 3.36. The normalized spacial score (nSPS) is 14.0. The average molecular weight is 385 g/mol. The van der Waals surface area contributed by atoms with Gasteiger partial charge in [0, 0.05) is 29.7 Å². The molecule has 0 radical (unpaired) electrons. The molecule has 29 heavy (non-hydrogen) atoms. The van der Waals surface area contributed by atoms with Crippen LogP contribution in [0, 0.1) is 12.8 Å². The standard InChI is InChI=1S/C22H19N5O2/c1-13-3-2-4-20(26-13)21-18(12-25-27-21)14-5-6-19-15(7-14)8-17(11-24-19)29-22(28)16-9-23-10-16/h2-8,11-12,16,23H,9-10H2,1H3,(H,25,27). The second-order valence-corrected chi connectivity index (χ2v) is 7.18. The van der Waals surface area contributed by atoms with Gasteiger partial charge in [0.2, 0.25) is 0 Å². The fraction of sp³-hybridized carbons (Fsp3) is 0.182. The maximum Gasteiger partial charge on any atom is 0.316 e. The molecule has 4 heterocycles. The van der Waals surface area contributed by atoms with Gasteiger partial charge in [0.15, 0.2) is 0 Å². The lowest BCUT2D eigenvalue weighted by Crippen LogP contribution is -2.48. The minimum atomic E-state index is -0.219. The molecule has 0 spiro atoms. The highest BCUT2D eigenvalue weighted by Crippen LogP contribution is 2.31. The number of fused-ring (bicyclic) bond motifs is 1. The number of carbonyl (C=O) groups excluding carboxylic acids is 1. The van der Waals surface area contributed by atoms with Crippen molar-refractivity contribution in [2.75, 3.05) is 13.1 Å². The lowest BCUT2D eigenvalue weighted by Gasteiger charge is -2.24. The molecule has 0 bridgehead atoms. The van der Waals surface area contributed by atoms with Crippen LogP contribution in [0.4, 0.5) is 0 Å². The van der Waals surface area contributed by atoms with E-state index in [1.165, 1.54) is 0 Å². The van der Waals surface area contributed by atoms with E-state index in [4.69, 9.17) is 4.74 Å². The van der Waals surface area contributed by atoms with Crippen LogP contribution < -0.4 is 10.1 Å². The maximum atomic E-state index is 12.1. The highest BCUT2D eigenvalue weighted by molar-refractivity contribution is 5.89. The van der Waals surface area contributed by atoms with Crippen LogP contribution >= 0.6 is 0 Å². The minimum Gasteiger partial charge on any atom is -0.425 e. The van der Waals surface area contributed by atoms with Crippen LogP contribution in [0.1, 0.15) is 5.69 Å². The molecule has 7 heteroatoms. The Hall–Kier alpha value is -3.58. The minimum absolute atomic E-state index is 0.0765.